The lowest BCUT2D eigenvalue weighted by Gasteiger charge is -2.31. The van der Waals surface area contributed by atoms with E-state index in [0.717, 1.165) is 44.9 Å². The van der Waals surface area contributed by atoms with Crippen LogP contribution in [0.2, 0.25) is 0 Å². The summed E-state index contributed by atoms with van der Waals surface area (Å²) in [6, 6.07) is 0.980. The number of amides is 4. The summed E-state index contributed by atoms with van der Waals surface area (Å²) in [5.74, 6) is -3.46. The lowest BCUT2D eigenvalue weighted by atomic mass is 9.76. The van der Waals surface area contributed by atoms with Crippen LogP contribution in [-0.4, -0.2) is 77.3 Å². The molecule has 0 bridgehead atoms. The zero-order chi connectivity index (χ0) is 39.2. The van der Waals surface area contributed by atoms with Crippen LogP contribution in [0, 0.1) is 29.6 Å². The molecule has 0 spiro atoms. The minimum Gasteiger partial charge on any atom is -0.463 e. The standard InChI is InChI=1S/C41H60N4O8S/c1-4-53-37(48)17-9-8-14-29(24-35(47)36-16-11-21-54-36)39(50)44-32(23-27-18-19-27)41(52)45-20-10-15-33(45)40(51)43-31(22-26(2)3)34(46)25-30(38(42)49)28-12-6-5-7-13-28/h9,11,16-17,21,26-33H,4-8,10,12-15,18-20,22-25H2,1-3H3,(H2,42,49)(H,43,51)(H,44,50)/b17-9+/t29-,30+,31+,32+,33+/m1/s1. The van der Waals surface area contributed by atoms with Crippen LogP contribution < -0.4 is 16.4 Å². The fraction of sp³-hybridized carbons (Fsp3) is 0.683. The molecule has 3 fully saturated rings. The molecule has 5 atom stereocenters. The SMILES string of the molecule is CCOC(=O)/C=C/CC[C@H](CC(=O)c1cccs1)C(=O)N[C@@H](CC1CC1)C(=O)N1CCC[C@H]1C(=O)N[C@@H](CC(C)C)C(=O)C[C@H](C(N)=O)C1CCCCC1. The highest BCUT2D eigenvalue weighted by molar-refractivity contribution is 7.12. The zero-order valence-corrected chi connectivity index (χ0v) is 33.0. The summed E-state index contributed by atoms with van der Waals surface area (Å²) in [5.41, 5.74) is 5.80. The number of rotatable bonds is 22. The van der Waals surface area contributed by atoms with E-state index in [9.17, 15) is 33.6 Å². The molecular formula is C41H60N4O8S. The van der Waals surface area contributed by atoms with Gasteiger partial charge in [-0.25, -0.2) is 4.79 Å². The zero-order valence-electron chi connectivity index (χ0n) is 32.2. The first-order valence-corrected chi connectivity index (χ1v) is 20.9. The second-order valence-corrected chi connectivity index (χ2v) is 16.7. The van der Waals surface area contributed by atoms with Crippen LogP contribution in [0.5, 0.6) is 0 Å². The summed E-state index contributed by atoms with van der Waals surface area (Å²) in [7, 11) is 0. The average molecular weight is 769 g/mol. The van der Waals surface area contributed by atoms with Gasteiger partial charge in [-0.2, -0.15) is 0 Å². The number of ether oxygens (including phenoxy) is 1. The van der Waals surface area contributed by atoms with Gasteiger partial charge in [0, 0.05) is 37.3 Å². The molecule has 0 radical (unpaired) electrons. The highest BCUT2D eigenvalue weighted by Gasteiger charge is 2.42. The Balaban J connectivity index is 1.45. The number of nitrogens with two attached hydrogens (primary N) is 1. The van der Waals surface area contributed by atoms with Crippen molar-refractivity contribution in [1.29, 1.82) is 0 Å². The van der Waals surface area contributed by atoms with E-state index in [-0.39, 0.29) is 61.1 Å². The molecule has 1 aromatic rings. The summed E-state index contributed by atoms with van der Waals surface area (Å²) in [6.07, 6.45) is 12.0. The highest BCUT2D eigenvalue weighted by atomic mass is 32.1. The number of nitrogens with one attached hydrogen (secondary N) is 2. The van der Waals surface area contributed by atoms with E-state index in [2.05, 4.69) is 10.6 Å². The molecule has 4 N–H and O–H groups in total. The monoisotopic (exact) mass is 768 g/mol. The predicted molar refractivity (Wildman–Crippen MR) is 206 cm³/mol. The van der Waals surface area contributed by atoms with Crippen LogP contribution in [0.4, 0.5) is 0 Å². The van der Waals surface area contributed by atoms with Crippen molar-refractivity contribution in [3.63, 3.8) is 0 Å². The van der Waals surface area contributed by atoms with Gasteiger partial charge < -0.3 is 26.0 Å². The summed E-state index contributed by atoms with van der Waals surface area (Å²) < 4.78 is 4.94. The van der Waals surface area contributed by atoms with Crippen molar-refractivity contribution in [2.75, 3.05) is 13.2 Å². The van der Waals surface area contributed by atoms with Gasteiger partial charge in [-0.15, -0.1) is 11.3 Å². The van der Waals surface area contributed by atoms with E-state index in [1.165, 1.54) is 22.3 Å². The summed E-state index contributed by atoms with van der Waals surface area (Å²) in [5, 5.41) is 7.72. The van der Waals surface area contributed by atoms with Crippen LogP contribution >= 0.6 is 11.3 Å². The number of likely N-dealkylation sites (tertiary alicyclic amines) is 1. The van der Waals surface area contributed by atoms with Gasteiger partial charge in [-0.3, -0.25) is 28.8 Å². The predicted octanol–water partition coefficient (Wildman–Crippen LogP) is 5.28. The van der Waals surface area contributed by atoms with Gasteiger partial charge in [0.05, 0.1) is 17.5 Å². The van der Waals surface area contributed by atoms with Crippen molar-refractivity contribution < 1.29 is 38.3 Å². The molecule has 0 unspecified atom stereocenters. The quantitative estimate of drug-likeness (QED) is 0.0809. The minimum atomic E-state index is -0.882. The van der Waals surface area contributed by atoms with Crippen molar-refractivity contribution in [3.8, 4) is 0 Å². The number of carbonyl (C=O) groups is 7. The third-order valence-electron chi connectivity index (χ3n) is 11.0. The Labute approximate surface area is 323 Å². The maximum atomic E-state index is 14.3. The summed E-state index contributed by atoms with van der Waals surface area (Å²) in [4.78, 5) is 95.3. The first kappa shape index (κ1) is 42.9. The molecule has 0 aromatic carbocycles. The second kappa shape index (κ2) is 21.3. The van der Waals surface area contributed by atoms with Crippen LogP contribution in [0.1, 0.15) is 127 Å². The number of allylic oxidation sites excluding steroid dienone is 1. The molecule has 2 heterocycles. The van der Waals surface area contributed by atoms with Crippen molar-refractivity contribution in [2.24, 2.45) is 35.3 Å². The first-order chi connectivity index (χ1) is 25.9. The minimum absolute atomic E-state index is 0.0186. The fourth-order valence-electron chi connectivity index (χ4n) is 7.86. The number of hydrogen-bond donors (Lipinski definition) is 3. The molecule has 298 valence electrons. The molecular weight excluding hydrogens is 709 g/mol. The Kier molecular flexibility index (Phi) is 16.9. The van der Waals surface area contributed by atoms with Gasteiger partial charge in [-0.05, 0) is 87.5 Å². The van der Waals surface area contributed by atoms with Gasteiger partial charge in [-0.1, -0.05) is 58.1 Å². The molecule has 1 saturated heterocycles. The number of thiophene rings is 1. The van der Waals surface area contributed by atoms with Crippen LogP contribution in [0.3, 0.4) is 0 Å². The maximum absolute atomic E-state index is 14.3. The van der Waals surface area contributed by atoms with Crippen molar-refractivity contribution in [1.82, 2.24) is 15.5 Å². The number of nitrogens with zero attached hydrogens (tertiary/aromatic N) is 1. The molecule has 54 heavy (non-hydrogen) atoms. The Hall–Kier alpha value is -3.87. The van der Waals surface area contributed by atoms with Crippen LogP contribution in [0.15, 0.2) is 29.7 Å². The average Bonchev–Trinajstić information content (AvgIpc) is 3.55. The largest absolute Gasteiger partial charge is 0.463 e. The number of Topliss-reactive ketones (excluding diaryl/α,β-unsaturated/α-hetero) is 2. The topological polar surface area (TPSA) is 182 Å². The van der Waals surface area contributed by atoms with E-state index >= 15 is 0 Å². The smallest absolute Gasteiger partial charge is 0.330 e. The van der Waals surface area contributed by atoms with Crippen LogP contribution in [0.25, 0.3) is 0 Å². The number of primary amides is 1. The van der Waals surface area contributed by atoms with E-state index in [1.54, 1.807) is 30.5 Å². The maximum Gasteiger partial charge on any atom is 0.330 e. The van der Waals surface area contributed by atoms with Crippen molar-refractivity contribution >= 4 is 52.5 Å². The number of esters is 1. The molecule has 3 aliphatic rings. The molecule has 2 aliphatic carbocycles. The van der Waals surface area contributed by atoms with E-state index < -0.39 is 53.7 Å². The molecule has 4 amide bonds. The normalized spacial score (nSPS) is 19.9. The lowest BCUT2D eigenvalue weighted by molar-refractivity contribution is -0.143. The van der Waals surface area contributed by atoms with Crippen molar-refractivity contribution in [3.05, 3.63) is 34.5 Å². The summed E-state index contributed by atoms with van der Waals surface area (Å²) in [6.45, 7) is 6.22. The number of carbonyl (C=O) groups excluding carboxylic acids is 7. The first-order valence-electron chi connectivity index (χ1n) is 20.0. The van der Waals surface area contributed by atoms with Gasteiger partial charge in [0.1, 0.15) is 12.1 Å². The van der Waals surface area contributed by atoms with Gasteiger partial charge in [0.15, 0.2) is 11.6 Å². The Morgan fingerprint density at radius 1 is 0.963 bits per heavy atom. The summed E-state index contributed by atoms with van der Waals surface area (Å²) >= 11 is 1.30. The van der Waals surface area contributed by atoms with E-state index in [0.29, 0.717) is 43.5 Å². The number of ketones is 2. The molecule has 2 saturated carbocycles. The Morgan fingerprint density at radius 3 is 2.33 bits per heavy atom. The van der Waals surface area contributed by atoms with E-state index in [4.69, 9.17) is 10.5 Å². The lowest BCUT2D eigenvalue weighted by Crippen LogP contribution is -2.56. The van der Waals surface area contributed by atoms with Crippen molar-refractivity contribution in [2.45, 2.75) is 135 Å². The fourth-order valence-corrected chi connectivity index (χ4v) is 8.54. The molecule has 1 aliphatic heterocycles. The molecule has 1 aromatic heterocycles. The van der Waals surface area contributed by atoms with Crippen LogP contribution in [-0.2, 0) is 33.5 Å². The number of hydrogen-bond acceptors (Lipinski definition) is 9. The highest BCUT2D eigenvalue weighted by Crippen LogP contribution is 2.35. The van der Waals surface area contributed by atoms with Gasteiger partial charge in [0.25, 0.3) is 0 Å². The molecule has 13 heteroatoms. The Bertz CT molecular complexity index is 1480. The third-order valence-corrected chi connectivity index (χ3v) is 11.9. The second-order valence-electron chi connectivity index (χ2n) is 15.7. The molecule has 12 nitrogen and oxygen atoms in total. The van der Waals surface area contributed by atoms with Gasteiger partial charge in [0.2, 0.25) is 23.6 Å². The molecule has 4 rings (SSSR count). The van der Waals surface area contributed by atoms with Gasteiger partial charge >= 0.3 is 5.97 Å². The third kappa shape index (κ3) is 13.2. The van der Waals surface area contributed by atoms with E-state index in [1.807, 2.05) is 13.8 Å². The Morgan fingerprint density at radius 2 is 1.70 bits per heavy atom.